The van der Waals surface area contributed by atoms with Crippen LogP contribution in [0.25, 0.3) is 10.9 Å². The number of hydrogen-bond donors (Lipinski definition) is 6. The number of unbranched alkanes of at least 4 members (excludes halogenated alkanes) is 2. The lowest BCUT2D eigenvalue weighted by atomic mass is 9.83. The molecule has 22 heteroatoms. The molecule has 0 spiro atoms. The highest BCUT2D eigenvalue weighted by molar-refractivity contribution is 6.35. The molecule has 1 unspecified atom stereocenters. The number of esters is 1. The molecule has 0 aliphatic carbocycles. The number of aliphatic hydroxyl groups excluding tert-OH is 1. The Morgan fingerprint density at radius 3 is 2.51 bits per heavy atom. The van der Waals surface area contributed by atoms with Crippen molar-refractivity contribution in [2.45, 2.75) is 140 Å². The zero-order chi connectivity index (χ0) is 56.4. The van der Waals surface area contributed by atoms with Crippen molar-refractivity contribution in [3.8, 4) is 5.75 Å². The van der Waals surface area contributed by atoms with Crippen molar-refractivity contribution in [3.05, 3.63) is 82.5 Å². The average molecular weight is 1090 g/mol. The number of aryl methyl sites for hydroxylation is 1. The minimum absolute atomic E-state index is 0.0772. The van der Waals surface area contributed by atoms with E-state index in [0.29, 0.717) is 50.2 Å². The summed E-state index contributed by atoms with van der Waals surface area (Å²) in [6, 6.07) is 11.3. The third-order valence-electron chi connectivity index (χ3n) is 15.0. The van der Waals surface area contributed by atoms with E-state index in [1.165, 1.54) is 38.0 Å². The van der Waals surface area contributed by atoms with E-state index in [-0.39, 0.29) is 49.1 Å². The third-order valence-corrected chi connectivity index (χ3v) is 15.3. The van der Waals surface area contributed by atoms with Crippen molar-refractivity contribution >= 4 is 63.9 Å². The van der Waals surface area contributed by atoms with Crippen LogP contribution in [0.3, 0.4) is 0 Å². The standard InChI is InChI=1S/C55H77ClN8O13/c1-33-17-16-20-44(74-10)55(72)30-43(75-53(71)60-55)34(2)50-54(4,77-50)45(29-48(68)63(8)41-26-36(25-33)27-42(73-9)49(41)56)76-52(70)35(3)62(7)47(67)21-12-11-15-23-58-51(69)39(32-65)59-46(66)22-24-64-38(31-61(6)57-5)28-37-18-13-14-19-40(37)64/h13-14,16-20,26-28,34-35,39,43-45,50,57,65,72H,11-12,15,21-25,29-32H2,1-10H3,(H,58,69)(H,59,66)(H,60,71)/b20-16+,33-17+/t34-,35+,39+,43+,44-,45+,50?,54+,55+/m1/s1. The highest BCUT2D eigenvalue weighted by Gasteiger charge is 2.64. The molecule has 4 heterocycles. The number of fused-ring (bicyclic) bond motifs is 6. The van der Waals surface area contributed by atoms with Gasteiger partial charge in [0.15, 0.2) is 5.72 Å². The molecule has 21 nitrogen and oxygen atoms in total. The van der Waals surface area contributed by atoms with E-state index in [9.17, 15) is 39.0 Å². The summed E-state index contributed by atoms with van der Waals surface area (Å²) in [5.74, 6) is -2.77. The number of ether oxygens (including phenoxy) is 5. The van der Waals surface area contributed by atoms with Crippen LogP contribution in [0.2, 0.25) is 5.02 Å². The Bertz CT molecular complexity index is 2680. The number of rotatable bonds is 20. The zero-order valence-corrected chi connectivity index (χ0v) is 46.6. The van der Waals surface area contributed by atoms with Crippen molar-refractivity contribution < 1.29 is 62.7 Å². The van der Waals surface area contributed by atoms with E-state index < -0.39 is 84.2 Å². The first-order valence-corrected chi connectivity index (χ1v) is 26.4. The van der Waals surface area contributed by atoms with Crippen molar-refractivity contribution in [3.63, 3.8) is 0 Å². The van der Waals surface area contributed by atoms with Crippen LogP contribution in [0.1, 0.15) is 83.9 Å². The van der Waals surface area contributed by atoms with Crippen LogP contribution in [-0.2, 0) is 62.4 Å². The predicted octanol–water partition coefficient (Wildman–Crippen LogP) is 4.28. The number of alkyl carbamates (subject to hydrolysis) is 1. The molecule has 9 atom stereocenters. The summed E-state index contributed by atoms with van der Waals surface area (Å²) in [5, 5.41) is 32.9. The Kier molecular flexibility index (Phi) is 20.7. The number of hydrogen-bond acceptors (Lipinski definition) is 15. The third kappa shape index (κ3) is 14.7. The lowest BCUT2D eigenvalue weighted by molar-refractivity contribution is -0.162. The van der Waals surface area contributed by atoms with Gasteiger partial charge in [-0.15, -0.1) is 0 Å². The second-order valence-electron chi connectivity index (χ2n) is 20.5. The topological polar surface area (TPSA) is 255 Å². The summed E-state index contributed by atoms with van der Waals surface area (Å²) in [6.07, 6.45) is 2.12. The van der Waals surface area contributed by atoms with Crippen LogP contribution < -0.4 is 31.0 Å². The van der Waals surface area contributed by atoms with Crippen molar-refractivity contribution in [2.75, 3.05) is 60.5 Å². The number of carbonyl (C=O) groups is 6. The highest BCUT2D eigenvalue weighted by atomic mass is 35.5. The molecule has 6 rings (SSSR count). The number of amides is 5. The van der Waals surface area contributed by atoms with Crippen LogP contribution in [0.15, 0.2) is 66.3 Å². The van der Waals surface area contributed by atoms with Gasteiger partial charge in [-0.25, -0.2) is 14.6 Å². The summed E-state index contributed by atoms with van der Waals surface area (Å²) in [4.78, 5) is 83.7. The largest absolute Gasteiger partial charge is 0.495 e. The summed E-state index contributed by atoms with van der Waals surface area (Å²) in [5.41, 5.74) is 3.95. The van der Waals surface area contributed by atoms with Gasteiger partial charge in [-0.05, 0) is 82.3 Å². The van der Waals surface area contributed by atoms with Crippen LogP contribution in [-0.4, -0.2) is 164 Å². The van der Waals surface area contributed by atoms with E-state index in [1.807, 2.05) is 56.4 Å². The lowest BCUT2D eigenvalue weighted by Crippen LogP contribution is -2.63. The molecule has 0 saturated carbocycles. The van der Waals surface area contributed by atoms with Gasteiger partial charge >= 0.3 is 12.1 Å². The molecular weight excluding hydrogens is 1020 g/mol. The second kappa shape index (κ2) is 26.5. The zero-order valence-electron chi connectivity index (χ0n) is 45.9. The maximum atomic E-state index is 14.4. The quantitative estimate of drug-likeness (QED) is 0.0400. The monoisotopic (exact) mass is 1090 g/mol. The molecule has 3 aromatic rings. The number of allylic oxidation sites excluding steroid dienone is 3. The predicted molar refractivity (Wildman–Crippen MR) is 289 cm³/mol. The Hall–Kier alpha value is -6.07. The van der Waals surface area contributed by atoms with Crippen molar-refractivity contribution in [1.82, 2.24) is 35.9 Å². The summed E-state index contributed by atoms with van der Waals surface area (Å²) < 4.78 is 31.5. The number of benzene rings is 2. The Morgan fingerprint density at radius 2 is 1.81 bits per heavy atom. The number of carbonyl (C=O) groups excluding carboxylic acids is 6. The summed E-state index contributed by atoms with van der Waals surface area (Å²) >= 11 is 6.82. The molecule has 422 valence electrons. The summed E-state index contributed by atoms with van der Waals surface area (Å²) in [7, 11) is 9.68. The first-order chi connectivity index (χ1) is 36.6. The minimum atomic E-state index is -1.87. The number of methoxy groups -OCH3 is 2. The fraction of sp³-hybridized carbons (Fsp3) is 0.564. The number of anilines is 1. The number of halogens is 1. The van der Waals surface area contributed by atoms with Gasteiger partial charge in [-0.1, -0.05) is 66.9 Å². The first kappa shape index (κ1) is 60.2. The molecule has 4 bridgehead atoms. The normalized spacial score (nSPS) is 25.6. The maximum Gasteiger partial charge on any atom is 0.409 e. The molecule has 2 saturated heterocycles. The number of likely N-dealkylation sites (N-methyl/N-ethyl adjacent to an activating group) is 1. The molecule has 3 aliphatic rings. The number of hydrazine groups is 1. The molecule has 0 radical (unpaired) electrons. The van der Waals surface area contributed by atoms with Gasteiger partial charge in [0.2, 0.25) is 23.6 Å². The van der Waals surface area contributed by atoms with Crippen molar-refractivity contribution in [2.24, 2.45) is 5.92 Å². The van der Waals surface area contributed by atoms with Gasteiger partial charge in [0.05, 0.1) is 38.5 Å². The number of nitrogens with zero attached hydrogens (tertiary/aromatic N) is 4. The SMILES string of the molecule is CNN(C)Cc1cc2ccccc2n1CCC(=O)N[C@@H](CO)C(=O)NCCCCCC(=O)N(C)[C@@H](C)C(=O)O[C@H]1CC(=O)N(C)c2cc(cc(OC)c2Cl)C/C(C)=C/C=C/[C@@H](OC)[C@@]2(O)C[C@H](OC(=O)N2)[C@@H](C)C2O[C@]21C. The molecule has 77 heavy (non-hydrogen) atoms. The molecule has 1 aromatic heterocycles. The minimum Gasteiger partial charge on any atom is -0.495 e. The van der Waals surface area contributed by atoms with Gasteiger partial charge in [-0.3, -0.25) is 29.9 Å². The van der Waals surface area contributed by atoms with Gasteiger partial charge < -0.3 is 58.9 Å². The fourth-order valence-electron chi connectivity index (χ4n) is 9.97. The molecule has 6 N–H and O–H groups in total. The number of epoxide rings is 1. The van der Waals surface area contributed by atoms with Gasteiger partial charge in [0.1, 0.15) is 46.8 Å². The lowest BCUT2D eigenvalue weighted by Gasteiger charge is -2.42. The van der Waals surface area contributed by atoms with Crippen LogP contribution in [0.4, 0.5) is 10.5 Å². The average Bonchev–Trinajstić information content (AvgIpc) is 4.07. The molecule has 2 fully saturated rings. The smallest absolute Gasteiger partial charge is 0.409 e. The fourth-order valence-corrected chi connectivity index (χ4v) is 10.3. The van der Waals surface area contributed by atoms with Gasteiger partial charge in [0, 0.05) is 77.7 Å². The van der Waals surface area contributed by atoms with E-state index in [1.54, 1.807) is 45.2 Å². The van der Waals surface area contributed by atoms with E-state index in [2.05, 4.69) is 32.0 Å². The Labute approximate surface area is 455 Å². The van der Waals surface area contributed by atoms with E-state index in [4.69, 9.17) is 35.3 Å². The van der Waals surface area contributed by atoms with Gasteiger partial charge in [-0.2, -0.15) is 0 Å². The highest BCUT2D eigenvalue weighted by Crippen LogP contribution is 2.49. The van der Waals surface area contributed by atoms with Gasteiger partial charge in [0.25, 0.3) is 0 Å². The molecule has 2 aromatic carbocycles. The molecular formula is C55H77ClN8O13. The summed E-state index contributed by atoms with van der Waals surface area (Å²) in [6.45, 7) is 7.52. The Morgan fingerprint density at radius 1 is 1.06 bits per heavy atom. The van der Waals surface area contributed by atoms with Crippen LogP contribution >= 0.6 is 11.6 Å². The molecule has 3 aliphatic heterocycles. The molecule has 5 amide bonds. The van der Waals surface area contributed by atoms with E-state index >= 15 is 0 Å². The van der Waals surface area contributed by atoms with Crippen molar-refractivity contribution in [1.29, 1.82) is 0 Å². The maximum absolute atomic E-state index is 14.4. The van der Waals surface area contributed by atoms with Crippen LogP contribution in [0.5, 0.6) is 5.75 Å². The first-order valence-electron chi connectivity index (χ1n) is 26.1. The number of aromatic nitrogens is 1. The number of nitrogens with one attached hydrogen (secondary N) is 4. The van der Waals surface area contributed by atoms with Crippen LogP contribution in [0, 0.1) is 5.92 Å². The van der Waals surface area contributed by atoms with E-state index in [0.717, 1.165) is 27.7 Å². The number of aliphatic hydroxyl groups is 2. The number of para-hydroxylation sites is 1. The second-order valence-corrected chi connectivity index (χ2v) is 20.9. The Balaban J connectivity index is 1.05.